The number of carboxylic acids is 2. The van der Waals surface area contributed by atoms with Gasteiger partial charge in [-0.15, -0.1) is 0 Å². The Bertz CT molecular complexity index is 543. The van der Waals surface area contributed by atoms with Crippen molar-refractivity contribution in [2.45, 2.75) is 111 Å². The summed E-state index contributed by atoms with van der Waals surface area (Å²) in [6, 6.07) is 0. The van der Waals surface area contributed by atoms with Crippen LogP contribution in [0.15, 0.2) is 0 Å². The highest BCUT2D eigenvalue weighted by Gasteiger charge is 2.66. The zero-order chi connectivity index (χ0) is 21.7. The molecule has 168 valence electrons. The van der Waals surface area contributed by atoms with Crippen molar-refractivity contribution in [2.75, 3.05) is 0 Å². The number of hydrogen-bond acceptors (Lipinski definition) is 2. The zero-order valence-corrected chi connectivity index (χ0v) is 19.2. The minimum absolute atomic E-state index is 0.0238. The van der Waals surface area contributed by atoms with E-state index in [4.69, 9.17) is 0 Å². The lowest BCUT2D eigenvalue weighted by Crippen LogP contribution is -2.61. The molecule has 0 bridgehead atoms. The fourth-order valence-electron chi connectivity index (χ4n) is 6.78. The van der Waals surface area contributed by atoms with Crippen LogP contribution < -0.4 is 0 Å². The van der Waals surface area contributed by atoms with Crippen LogP contribution in [-0.4, -0.2) is 22.2 Å². The average Bonchev–Trinajstić information content (AvgIpc) is 2.68. The lowest BCUT2D eigenvalue weighted by Gasteiger charge is -2.55. The van der Waals surface area contributed by atoms with Crippen molar-refractivity contribution in [3.05, 3.63) is 0 Å². The van der Waals surface area contributed by atoms with E-state index >= 15 is 0 Å². The lowest BCUT2D eigenvalue weighted by atomic mass is 9.45. The lowest BCUT2D eigenvalue weighted by molar-refractivity contribution is -0.197. The molecule has 2 aliphatic rings. The number of carbonyl (C=O) groups is 2. The smallest absolute Gasteiger partial charge is 0.311 e. The molecule has 0 aromatic carbocycles. The van der Waals surface area contributed by atoms with E-state index in [1.54, 1.807) is 0 Å². The summed E-state index contributed by atoms with van der Waals surface area (Å²) in [5, 5.41) is 21.7. The number of hydrogen-bond donors (Lipinski definition) is 2. The molecule has 0 saturated heterocycles. The largest absolute Gasteiger partial charge is 0.481 e. The molecular weight excluding hydrogens is 364 g/mol. The van der Waals surface area contributed by atoms with E-state index in [0.29, 0.717) is 18.8 Å². The van der Waals surface area contributed by atoms with E-state index in [9.17, 15) is 19.8 Å². The Morgan fingerprint density at radius 1 is 0.724 bits per heavy atom. The second kappa shape index (κ2) is 10.3. The molecule has 2 N–H and O–H groups in total. The van der Waals surface area contributed by atoms with Crippen molar-refractivity contribution < 1.29 is 19.8 Å². The SMILES string of the molecule is CC(C)CCC(C(=O)O)(C1CCCCC1)C(CC(C)C)(C(=O)O)C1CCCCC1. The Morgan fingerprint density at radius 2 is 1.14 bits per heavy atom. The maximum Gasteiger partial charge on any atom is 0.311 e. The first-order valence-corrected chi connectivity index (χ1v) is 12.1. The molecule has 2 unspecified atom stereocenters. The molecule has 2 fully saturated rings. The molecule has 0 heterocycles. The van der Waals surface area contributed by atoms with Crippen LogP contribution in [0.25, 0.3) is 0 Å². The van der Waals surface area contributed by atoms with E-state index in [2.05, 4.69) is 27.7 Å². The third-order valence-electron chi connectivity index (χ3n) is 8.01. The molecule has 0 aromatic rings. The standard InChI is InChI=1S/C25H44O4/c1-18(2)15-16-24(22(26)27,20-11-7-5-8-12-20)25(23(28)29,17-19(3)4)21-13-9-6-10-14-21/h18-21H,5-17H2,1-4H3,(H,26,27)(H,28,29). The molecule has 0 radical (unpaired) electrons. The monoisotopic (exact) mass is 408 g/mol. The number of rotatable bonds is 10. The first kappa shape index (κ1) is 24.2. The fraction of sp³-hybridized carbons (Fsp3) is 0.920. The van der Waals surface area contributed by atoms with Crippen LogP contribution >= 0.6 is 0 Å². The fourth-order valence-corrected chi connectivity index (χ4v) is 6.78. The van der Waals surface area contributed by atoms with Gasteiger partial charge in [0.05, 0.1) is 10.8 Å². The Labute approximate surface area is 177 Å². The maximum absolute atomic E-state index is 13.2. The number of carboxylic acid groups (broad SMARTS) is 2. The molecular formula is C25H44O4. The van der Waals surface area contributed by atoms with Crippen LogP contribution in [-0.2, 0) is 9.59 Å². The zero-order valence-electron chi connectivity index (χ0n) is 19.2. The van der Waals surface area contributed by atoms with Crippen molar-refractivity contribution in [1.82, 2.24) is 0 Å². The van der Waals surface area contributed by atoms with Gasteiger partial charge in [0.25, 0.3) is 0 Å². The normalized spacial score (nSPS) is 23.7. The molecule has 4 nitrogen and oxygen atoms in total. The van der Waals surface area contributed by atoms with Crippen LogP contribution in [0.2, 0.25) is 0 Å². The second-order valence-corrected chi connectivity index (χ2v) is 10.8. The minimum atomic E-state index is -1.16. The van der Waals surface area contributed by atoms with Crippen molar-refractivity contribution in [2.24, 2.45) is 34.5 Å². The van der Waals surface area contributed by atoms with Gasteiger partial charge in [0.15, 0.2) is 0 Å². The Morgan fingerprint density at radius 3 is 1.48 bits per heavy atom. The van der Waals surface area contributed by atoms with Crippen LogP contribution in [0.5, 0.6) is 0 Å². The average molecular weight is 409 g/mol. The van der Waals surface area contributed by atoms with E-state index < -0.39 is 22.8 Å². The number of aliphatic carboxylic acids is 2. The molecule has 0 aliphatic heterocycles. The Hall–Kier alpha value is -1.06. The third-order valence-corrected chi connectivity index (χ3v) is 8.01. The third kappa shape index (κ3) is 4.82. The molecule has 0 amide bonds. The van der Waals surface area contributed by atoms with Gasteiger partial charge in [-0.2, -0.15) is 0 Å². The molecule has 0 spiro atoms. The first-order valence-electron chi connectivity index (χ1n) is 12.1. The summed E-state index contributed by atoms with van der Waals surface area (Å²) < 4.78 is 0. The summed E-state index contributed by atoms with van der Waals surface area (Å²) >= 11 is 0. The van der Waals surface area contributed by atoms with Crippen molar-refractivity contribution >= 4 is 11.9 Å². The van der Waals surface area contributed by atoms with Crippen molar-refractivity contribution in [1.29, 1.82) is 0 Å². The van der Waals surface area contributed by atoms with E-state index in [1.807, 2.05) is 0 Å². The van der Waals surface area contributed by atoms with Crippen molar-refractivity contribution in [3.8, 4) is 0 Å². The van der Waals surface area contributed by atoms with Crippen LogP contribution in [0, 0.1) is 34.5 Å². The van der Waals surface area contributed by atoms with Crippen LogP contribution in [0.1, 0.15) is 111 Å². The summed E-state index contributed by atoms with van der Waals surface area (Å²) in [6.07, 6.45) is 11.6. The van der Waals surface area contributed by atoms with Gasteiger partial charge in [-0.3, -0.25) is 9.59 Å². The predicted molar refractivity (Wildman–Crippen MR) is 117 cm³/mol. The van der Waals surface area contributed by atoms with E-state index in [-0.39, 0.29) is 17.8 Å². The summed E-state index contributed by atoms with van der Waals surface area (Å²) in [6.45, 7) is 8.38. The van der Waals surface area contributed by atoms with Crippen molar-refractivity contribution in [3.63, 3.8) is 0 Å². The molecule has 29 heavy (non-hydrogen) atoms. The Balaban J connectivity index is 2.71. The van der Waals surface area contributed by atoms with E-state index in [1.165, 1.54) is 0 Å². The van der Waals surface area contributed by atoms with Gasteiger partial charge in [-0.1, -0.05) is 66.2 Å². The highest BCUT2D eigenvalue weighted by Crippen LogP contribution is 2.62. The first-order chi connectivity index (χ1) is 13.7. The summed E-state index contributed by atoms with van der Waals surface area (Å²) in [7, 11) is 0. The van der Waals surface area contributed by atoms with Gasteiger partial charge in [0.2, 0.25) is 0 Å². The highest BCUT2D eigenvalue weighted by molar-refractivity contribution is 5.87. The van der Waals surface area contributed by atoms with Crippen LogP contribution in [0.3, 0.4) is 0 Å². The van der Waals surface area contributed by atoms with Gasteiger partial charge < -0.3 is 10.2 Å². The van der Waals surface area contributed by atoms with Gasteiger partial charge in [-0.25, -0.2) is 0 Å². The van der Waals surface area contributed by atoms with E-state index in [0.717, 1.165) is 70.6 Å². The topological polar surface area (TPSA) is 74.6 Å². The summed E-state index contributed by atoms with van der Waals surface area (Å²) in [5.41, 5.74) is -2.32. The van der Waals surface area contributed by atoms with Gasteiger partial charge in [0.1, 0.15) is 0 Å². The van der Waals surface area contributed by atoms with Gasteiger partial charge in [-0.05, 0) is 68.6 Å². The summed E-state index contributed by atoms with van der Waals surface area (Å²) in [5.74, 6) is -1.19. The Kier molecular flexibility index (Phi) is 8.60. The second-order valence-electron chi connectivity index (χ2n) is 10.8. The van der Waals surface area contributed by atoms with Gasteiger partial charge >= 0.3 is 11.9 Å². The minimum Gasteiger partial charge on any atom is -0.481 e. The molecule has 0 aromatic heterocycles. The molecule has 2 saturated carbocycles. The molecule has 4 heteroatoms. The summed E-state index contributed by atoms with van der Waals surface area (Å²) in [4.78, 5) is 26.5. The molecule has 2 aliphatic carbocycles. The molecule has 2 atom stereocenters. The predicted octanol–water partition coefficient (Wildman–Crippen LogP) is 6.77. The van der Waals surface area contributed by atoms with Gasteiger partial charge in [0, 0.05) is 0 Å². The molecule has 2 rings (SSSR count). The quantitative estimate of drug-likeness (QED) is 0.418. The van der Waals surface area contributed by atoms with Crippen LogP contribution in [0.4, 0.5) is 0 Å². The highest BCUT2D eigenvalue weighted by atomic mass is 16.4. The maximum atomic E-state index is 13.2.